The molecule has 1 rings (SSSR count). The van der Waals surface area contributed by atoms with Crippen molar-refractivity contribution >= 4 is 0 Å². The van der Waals surface area contributed by atoms with Crippen molar-refractivity contribution < 1.29 is 9.47 Å². The first-order chi connectivity index (χ1) is 7.72. The van der Waals surface area contributed by atoms with Crippen molar-refractivity contribution in [3.63, 3.8) is 0 Å². The predicted molar refractivity (Wildman–Crippen MR) is 65.8 cm³/mol. The summed E-state index contributed by atoms with van der Waals surface area (Å²) in [4.78, 5) is 2.47. The van der Waals surface area contributed by atoms with Crippen LogP contribution in [0.5, 0.6) is 0 Å². The summed E-state index contributed by atoms with van der Waals surface area (Å²) in [5.74, 6) is 0. The van der Waals surface area contributed by atoms with E-state index < -0.39 is 0 Å². The van der Waals surface area contributed by atoms with E-state index >= 15 is 0 Å². The van der Waals surface area contributed by atoms with Gasteiger partial charge >= 0.3 is 0 Å². The average Bonchev–Trinajstić information content (AvgIpc) is 2.64. The zero-order chi connectivity index (χ0) is 11.8. The second kappa shape index (κ2) is 8.01. The third kappa shape index (κ3) is 5.80. The first-order valence-corrected chi connectivity index (χ1v) is 6.27. The van der Waals surface area contributed by atoms with Gasteiger partial charge in [0.25, 0.3) is 0 Å². The standard InChI is InChI=1S/C12H26N2O2/c1-11(2)13-12-4-5-14(10-12)6-7-16-9-8-15-3/h11-13H,4-10H2,1-3H3. The Morgan fingerprint density at radius 3 is 2.81 bits per heavy atom. The molecule has 1 aliphatic heterocycles. The Hall–Kier alpha value is -0.160. The molecule has 0 aromatic heterocycles. The van der Waals surface area contributed by atoms with Gasteiger partial charge in [-0.15, -0.1) is 0 Å². The molecule has 0 aliphatic carbocycles. The van der Waals surface area contributed by atoms with Crippen molar-refractivity contribution in [3.8, 4) is 0 Å². The van der Waals surface area contributed by atoms with Crippen LogP contribution in [0, 0.1) is 0 Å². The van der Waals surface area contributed by atoms with Gasteiger partial charge in [0.05, 0.1) is 19.8 Å². The van der Waals surface area contributed by atoms with E-state index in [0.29, 0.717) is 25.3 Å². The van der Waals surface area contributed by atoms with Crippen LogP contribution in [0.3, 0.4) is 0 Å². The molecule has 0 spiro atoms. The normalized spacial score (nSPS) is 22.1. The molecule has 1 aliphatic rings. The van der Waals surface area contributed by atoms with E-state index in [0.717, 1.165) is 19.7 Å². The molecule has 4 nitrogen and oxygen atoms in total. The molecule has 1 fully saturated rings. The van der Waals surface area contributed by atoms with Gasteiger partial charge in [-0.1, -0.05) is 13.8 Å². The molecule has 96 valence electrons. The minimum atomic E-state index is 0.586. The Labute approximate surface area is 99.3 Å². The largest absolute Gasteiger partial charge is 0.382 e. The fourth-order valence-electron chi connectivity index (χ4n) is 2.08. The third-order valence-corrected chi connectivity index (χ3v) is 2.83. The Morgan fingerprint density at radius 2 is 2.12 bits per heavy atom. The summed E-state index contributed by atoms with van der Waals surface area (Å²) in [6.07, 6.45) is 1.26. The van der Waals surface area contributed by atoms with Crippen molar-refractivity contribution in [3.05, 3.63) is 0 Å². The Morgan fingerprint density at radius 1 is 1.31 bits per heavy atom. The van der Waals surface area contributed by atoms with Gasteiger partial charge in [0, 0.05) is 32.3 Å². The molecule has 0 amide bonds. The van der Waals surface area contributed by atoms with Crippen LogP contribution in [0.15, 0.2) is 0 Å². The minimum Gasteiger partial charge on any atom is -0.382 e. The van der Waals surface area contributed by atoms with E-state index in [1.54, 1.807) is 7.11 Å². The molecule has 1 saturated heterocycles. The summed E-state index contributed by atoms with van der Waals surface area (Å²) in [7, 11) is 1.70. The number of rotatable bonds is 8. The average molecular weight is 230 g/mol. The van der Waals surface area contributed by atoms with Crippen molar-refractivity contribution in [2.24, 2.45) is 0 Å². The zero-order valence-electron chi connectivity index (χ0n) is 10.9. The maximum absolute atomic E-state index is 5.47. The Kier molecular flexibility index (Phi) is 6.96. The Bertz CT molecular complexity index is 176. The quantitative estimate of drug-likeness (QED) is 0.623. The van der Waals surface area contributed by atoms with Crippen LogP contribution in [0.2, 0.25) is 0 Å². The van der Waals surface area contributed by atoms with E-state index in [-0.39, 0.29) is 0 Å². The monoisotopic (exact) mass is 230 g/mol. The van der Waals surface area contributed by atoms with E-state index in [4.69, 9.17) is 9.47 Å². The highest BCUT2D eigenvalue weighted by atomic mass is 16.5. The highest BCUT2D eigenvalue weighted by Crippen LogP contribution is 2.09. The SMILES string of the molecule is COCCOCCN1CCC(NC(C)C)C1. The van der Waals surface area contributed by atoms with Crippen LogP contribution < -0.4 is 5.32 Å². The summed E-state index contributed by atoms with van der Waals surface area (Å²) in [5, 5.41) is 3.58. The first-order valence-electron chi connectivity index (χ1n) is 6.27. The maximum Gasteiger partial charge on any atom is 0.0700 e. The highest BCUT2D eigenvalue weighted by Gasteiger charge is 2.21. The lowest BCUT2D eigenvalue weighted by molar-refractivity contribution is 0.0601. The molecule has 1 heterocycles. The highest BCUT2D eigenvalue weighted by molar-refractivity contribution is 4.81. The summed E-state index contributed by atoms with van der Waals surface area (Å²) in [6, 6.07) is 1.25. The van der Waals surface area contributed by atoms with Crippen molar-refractivity contribution in [1.82, 2.24) is 10.2 Å². The third-order valence-electron chi connectivity index (χ3n) is 2.83. The van der Waals surface area contributed by atoms with Crippen LogP contribution in [0.4, 0.5) is 0 Å². The van der Waals surface area contributed by atoms with Crippen LogP contribution >= 0.6 is 0 Å². The zero-order valence-corrected chi connectivity index (χ0v) is 10.9. The summed E-state index contributed by atoms with van der Waals surface area (Å²) in [5.41, 5.74) is 0. The van der Waals surface area contributed by atoms with Crippen LogP contribution in [0.25, 0.3) is 0 Å². The van der Waals surface area contributed by atoms with E-state index in [2.05, 4.69) is 24.1 Å². The summed E-state index contributed by atoms with van der Waals surface area (Å²) < 4.78 is 10.4. The lowest BCUT2D eigenvalue weighted by atomic mass is 10.2. The summed E-state index contributed by atoms with van der Waals surface area (Å²) >= 11 is 0. The van der Waals surface area contributed by atoms with Crippen LogP contribution in [0.1, 0.15) is 20.3 Å². The second-order valence-corrected chi connectivity index (χ2v) is 4.71. The molecule has 1 N–H and O–H groups in total. The fourth-order valence-corrected chi connectivity index (χ4v) is 2.08. The topological polar surface area (TPSA) is 33.7 Å². The number of likely N-dealkylation sites (tertiary alicyclic amines) is 1. The molecule has 0 aromatic carbocycles. The first kappa shape index (κ1) is 13.9. The number of nitrogens with one attached hydrogen (secondary N) is 1. The lowest BCUT2D eigenvalue weighted by Crippen LogP contribution is -2.37. The summed E-state index contributed by atoms with van der Waals surface area (Å²) in [6.45, 7) is 10.0. The van der Waals surface area contributed by atoms with E-state index in [1.165, 1.54) is 13.0 Å². The van der Waals surface area contributed by atoms with Gasteiger partial charge in [-0.05, 0) is 13.0 Å². The van der Waals surface area contributed by atoms with Crippen LogP contribution in [-0.2, 0) is 9.47 Å². The molecular formula is C12H26N2O2. The van der Waals surface area contributed by atoms with Crippen molar-refractivity contribution in [2.75, 3.05) is 46.6 Å². The van der Waals surface area contributed by atoms with Gasteiger partial charge in [0.15, 0.2) is 0 Å². The minimum absolute atomic E-state index is 0.586. The molecule has 16 heavy (non-hydrogen) atoms. The van der Waals surface area contributed by atoms with E-state index in [9.17, 15) is 0 Å². The van der Waals surface area contributed by atoms with Gasteiger partial charge < -0.3 is 14.8 Å². The molecular weight excluding hydrogens is 204 g/mol. The molecule has 0 aromatic rings. The van der Waals surface area contributed by atoms with E-state index in [1.807, 2.05) is 0 Å². The number of hydrogen-bond donors (Lipinski definition) is 1. The van der Waals surface area contributed by atoms with Gasteiger partial charge in [0.2, 0.25) is 0 Å². The van der Waals surface area contributed by atoms with Crippen molar-refractivity contribution in [1.29, 1.82) is 0 Å². The number of ether oxygens (including phenoxy) is 2. The lowest BCUT2D eigenvalue weighted by Gasteiger charge is -2.18. The predicted octanol–water partition coefficient (Wildman–Crippen LogP) is 0.722. The number of methoxy groups -OCH3 is 1. The molecule has 1 unspecified atom stereocenters. The molecule has 1 atom stereocenters. The van der Waals surface area contributed by atoms with Crippen molar-refractivity contribution in [2.45, 2.75) is 32.4 Å². The van der Waals surface area contributed by atoms with Gasteiger partial charge in [-0.25, -0.2) is 0 Å². The molecule has 4 heteroatoms. The second-order valence-electron chi connectivity index (χ2n) is 4.71. The van der Waals surface area contributed by atoms with Gasteiger partial charge in [-0.2, -0.15) is 0 Å². The van der Waals surface area contributed by atoms with Gasteiger partial charge in [0.1, 0.15) is 0 Å². The maximum atomic E-state index is 5.47. The molecule has 0 radical (unpaired) electrons. The fraction of sp³-hybridized carbons (Fsp3) is 1.00. The number of nitrogens with zero attached hydrogens (tertiary/aromatic N) is 1. The molecule has 0 saturated carbocycles. The van der Waals surface area contributed by atoms with Crippen LogP contribution in [-0.4, -0.2) is 63.5 Å². The number of hydrogen-bond acceptors (Lipinski definition) is 4. The smallest absolute Gasteiger partial charge is 0.0700 e. The Balaban J connectivity index is 1.99. The molecule has 0 bridgehead atoms. The van der Waals surface area contributed by atoms with Gasteiger partial charge in [-0.3, -0.25) is 4.90 Å².